The summed E-state index contributed by atoms with van der Waals surface area (Å²) in [5.74, 6) is -0.913. The molecular formula is C12H20N2O4. The zero-order chi connectivity index (χ0) is 13.1. The number of rotatable bonds is 3. The van der Waals surface area contributed by atoms with Crippen molar-refractivity contribution in [1.29, 1.82) is 0 Å². The summed E-state index contributed by atoms with van der Waals surface area (Å²) in [6.45, 7) is 0.531. The van der Waals surface area contributed by atoms with E-state index in [2.05, 4.69) is 5.32 Å². The van der Waals surface area contributed by atoms with Crippen LogP contribution < -0.4 is 5.32 Å². The molecule has 1 aliphatic heterocycles. The molecule has 2 rings (SSSR count). The third kappa shape index (κ3) is 2.75. The molecule has 2 aliphatic rings. The number of amides is 2. The number of ether oxygens (including phenoxy) is 1. The highest BCUT2D eigenvalue weighted by molar-refractivity contribution is 5.83. The van der Waals surface area contributed by atoms with Gasteiger partial charge in [0.1, 0.15) is 6.04 Å². The van der Waals surface area contributed by atoms with Gasteiger partial charge in [-0.2, -0.15) is 0 Å². The number of urea groups is 1. The van der Waals surface area contributed by atoms with Gasteiger partial charge in [-0.15, -0.1) is 0 Å². The van der Waals surface area contributed by atoms with Crippen molar-refractivity contribution in [2.75, 3.05) is 13.7 Å². The number of aliphatic carboxylic acids is 1. The maximum absolute atomic E-state index is 12.0. The van der Waals surface area contributed by atoms with Crippen molar-refractivity contribution in [2.45, 2.75) is 50.3 Å². The molecule has 6 nitrogen and oxygen atoms in total. The molecule has 0 radical (unpaired) electrons. The highest BCUT2D eigenvalue weighted by atomic mass is 16.5. The SMILES string of the molecule is COC1CCC(NC(=O)N2CCC[C@H]2C(=O)O)C1. The van der Waals surface area contributed by atoms with Gasteiger partial charge in [-0.05, 0) is 32.1 Å². The lowest BCUT2D eigenvalue weighted by Crippen LogP contribution is -2.48. The summed E-state index contributed by atoms with van der Waals surface area (Å²) in [7, 11) is 1.68. The summed E-state index contributed by atoms with van der Waals surface area (Å²) in [5, 5.41) is 11.9. The van der Waals surface area contributed by atoms with E-state index in [1.54, 1.807) is 7.11 Å². The van der Waals surface area contributed by atoms with Gasteiger partial charge in [0.15, 0.2) is 0 Å². The van der Waals surface area contributed by atoms with E-state index in [4.69, 9.17) is 9.84 Å². The number of methoxy groups -OCH3 is 1. The minimum Gasteiger partial charge on any atom is -0.480 e. The number of carbonyl (C=O) groups is 2. The topological polar surface area (TPSA) is 78.9 Å². The Morgan fingerprint density at radius 3 is 2.72 bits per heavy atom. The number of carbonyl (C=O) groups excluding carboxylic acids is 1. The fraction of sp³-hybridized carbons (Fsp3) is 0.833. The number of carboxylic acids is 1. The van der Waals surface area contributed by atoms with Crippen LogP contribution in [-0.2, 0) is 9.53 Å². The Hall–Kier alpha value is -1.30. The van der Waals surface area contributed by atoms with Crippen molar-refractivity contribution in [3.63, 3.8) is 0 Å². The summed E-state index contributed by atoms with van der Waals surface area (Å²) in [4.78, 5) is 24.5. The normalized spacial score (nSPS) is 31.6. The van der Waals surface area contributed by atoms with Gasteiger partial charge in [0.2, 0.25) is 0 Å². The Bertz CT molecular complexity index is 334. The first-order valence-corrected chi connectivity index (χ1v) is 6.44. The predicted octanol–water partition coefficient (Wildman–Crippen LogP) is 0.812. The standard InChI is InChI=1S/C12H20N2O4/c1-18-9-5-4-8(7-9)13-12(17)14-6-2-3-10(14)11(15)16/h8-10H,2-7H2,1H3,(H,13,17)(H,15,16)/t8?,9?,10-/m0/s1. The summed E-state index contributed by atoms with van der Waals surface area (Å²) < 4.78 is 5.25. The molecule has 1 heterocycles. The van der Waals surface area contributed by atoms with Crippen LogP contribution in [0.25, 0.3) is 0 Å². The van der Waals surface area contributed by atoms with E-state index in [9.17, 15) is 9.59 Å². The van der Waals surface area contributed by atoms with Gasteiger partial charge in [0, 0.05) is 19.7 Å². The van der Waals surface area contributed by atoms with Crippen molar-refractivity contribution in [1.82, 2.24) is 10.2 Å². The first-order valence-electron chi connectivity index (χ1n) is 6.44. The zero-order valence-electron chi connectivity index (χ0n) is 10.6. The van der Waals surface area contributed by atoms with Crippen LogP contribution in [0.1, 0.15) is 32.1 Å². The molecule has 0 spiro atoms. The number of hydrogen-bond acceptors (Lipinski definition) is 3. The predicted molar refractivity (Wildman–Crippen MR) is 64.3 cm³/mol. The second kappa shape index (κ2) is 5.56. The van der Waals surface area contributed by atoms with Crippen molar-refractivity contribution in [3.8, 4) is 0 Å². The third-order valence-corrected chi connectivity index (χ3v) is 3.84. The van der Waals surface area contributed by atoms with Gasteiger partial charge in [0.25, 0.3) is 0 Å². The molecule has 2 unspecified atom stereocenters. The Labute approximate surface area is 106 Å². The van der Waals surface area contributed by atoms with Crippen LogP contribution >= 0.6 is 0 Å². The van der Waals surface area contributed by atoms with E-state index >= 15 is 0 Å². The Kier molecular flexibility index (Phi) is 4.06. The lowest BCUT2D eigenvalue weighted by molar-refractivity contribution is -0.141. The van der Waals surface area contributed by atoms with E-state index in [-0.39, 0.29) is 18.2 Å². The van der Waals surface area contributed by atoms with E-state index in [0.717, 1.165) is 25.7 Å². The summed E-state index contributed by atoms with van der Waals surface area (Å²) in [5.41, 5.74) is 0. The van der Waals surface area contributed by atoms with Gasteiger partial charge < -0.3 is 20.1 Å². The number of carboxylic acid groups (broad SMARTS) is 1. The van der Waals surface area contributed by atoms with Crippen LogP contribution in [0.4, 0.5) is 4.79 Å². The molecule has 3 atom stereocenters. The van der Waals surface area contributed by atoms with E-state index < -0.39 is 12.0 Å². The molecule has 1 saturated carbocycles. The van der Waals surface area contributed by atoms with Gasteiger partial charge in [0.05, 0.1) is 6.10 Å². The van der Waals surface area contributed by atoms with Gasteiger partial charge in [-0.25, -0.2) is 9.59 Å². The summed E-state index contributed by atoms with van der Waals surface area (Å²) in [6, 6.07) is -0.802. The maximum atomic E-state index is 12.0. The number of hydrogen-bond donors (Lipinski definition) is 2. The molecule has 0 aromatic heterocycles. The van der Waals surface area contributed by atoms with Crippen LogP contribution in [0.3, 0.4) is 0 Å². The quantitative estimate of drug-likeness (QED) is 0.783. The number of nitrogens with one attached hydrogen (secondary N) is 1. The Balaban J connectivity index is 1.86. The largest absolute Gasteiger partial charge is 0.480 e. The summed E-state index contributed by atoms with van der Waals surface area (Å²) in [6.07, 6.45) is 4.18. The second-order valence-corrected chi connectivity index (χ2v) is 5.01. The Morgan fingerprint density at radius 2 is 2.11 bits per heavy atom. The molecule has 2 N–H and O–H groups in total. The number of likely N-dealkylation sites (tertiary alicyclic amines) is 1. The molecular weight excluding hydrogens is 236 g/mol. The average molecular weight is 256 g/mol. The molecule has 0 bridgehead atoms. The summed E-state index contributed by atoms with van der Waals surface area (Å²) >= 11 is 0. The van der Waals surface area contributed by atoms with Crippen LogP contribution in [0, 0.1) is 0 Å². The molecule has 2 amide bonds. The van der Waals surface area contributed by atoms with Gasteiger partial charge >= 0.3 is 12.0 Å². The minimum absolute atomic E-state index is 0.109. The van der Waals surface area contributed by atoms with Gasteiger partial charge in [-0.1, -0.05) is 0 Å². The monoisotopic (exact) mass is 256 g/mol. The van der Waals surface area contributed by atoms with Crippen LogP contribution in [0.15, 0.2) is 0 Å². The van der Waals surface area contributed by atoms with E-state index in [1.165, 1.54) is 4.90 Å². The molecule has 0 aromatic rings. The lowest BCUT2D eigenvalue weighted by atomic mass is 10.2. The lowest BCUT2D eigenvalue weighted by Gasteiger charge is -2.24. The van der Waals surface area contributed by atoms with Crippen molar-refractivity contribution < 1.29 is 19.4 Å². The average Bonchev–Trinajstić information content (AvgIpc) is 2.96. The van der Waals surface area contributed by atoms with E-state index in [0.29, 0.717) is 13.0 Å². The molecule has 0 aromatic carbocycles. The Morgan fingerprint density at radius 1 is 1.33 bits per heavy atom. The van der Waals surface area contributed by atoms with Crippen molar-refractivity contribution in [3.05, 3.63) is 0 Å². The molecule has 18 heavy (non-hydrogen) atoms. The fourth-order valence-electron chi connectivity index (χ4n) is 2.81. The minimum atomic E-state index is -0.913. The second-order valence-electron chi connectivity index (χ2n) is 5.01. The fourth-order valence-corrected chi connectivity index (χ4v) is 2.81. The van der Waals surface area contributed by atoms with Crippen molar-refractivity contribution >= 4 is 12.0 Å². The molecule has 2 fully saturated rings. The maximum Gasteiger partial charge on any atom is 0.326 e. The van der Waals surface area contributed by atoms with Crippen LogP contribution in [-0.4, -0.2) is 53.8 Å². The van der Waals surface area contributed by atoms with Crippen molar-refractivity contribution in [2.24, 2.45) is 0 Å². The van der Waals surface area contributed by atoms with E-state index in [1.807, 2.05) is 0 Å². The van der Waals surface area contributed by atoms with Crippen LogP contribution in [0.2, 0.25) is 0 Å². The zero-order valence-corrected chi connectivity index (χ0v) is 10.6. The highest BCUT2D eigenvalue weighted by Crippen LogP contribution is 2.23. The van der Waals surface area contributed by atoms with Gasteiger partial charge in [-0.3, -0.25) is 0 Å². The van der Waals surface area contributed by atoms with Crippen LogP contribution in [0.5, 0.6) is 0 Å². The molecule has 1 saturated heterocycles. The highest BCUT2D eigenvalue weighted by Gasteiger charge is 2.35. The molecule has 102 valence electrons. The number of nitrogens with zero attached hydrogens (tertiary/aromatic N) is 1. The first kappa shape index (κ1) is 13.1. The first-order chi connectivity index (χ1) is 8.61. The molecule has 1 aliphatic carbocycles. The molecule has 6 heteroatoms. The third-order valence-electron chi connectivity index (χ3n) is 3.84. The smallest absolute Gasteiger partial charge is 0.326 e.